The van der Waals surface area contributed by atoms with E-state index in [2.05, 4.69) is 0 Å². The first-order chi connectivity index (χ1) is 10.7. The fraction of sp³-hybridized carbons (Fsp3) is 0.294. The van der Waals surface area contributed by atoms with Crippen LogP contribution in [0.3, 0.4) is 0 Å². The first-order valence-electron chi connectivity index (χ1n) is 7.31. The van der Waals surface area contributed by atoms with Crippen molar-refractivity contribution < 1.29 is 18.7 Å². The van der Waals surface area contributed by atoms with Crippen LogP contribution in [0.15, 0.2) is 47.1 Å². The van der Waals surface area contributed by atoms with E-state index < -0.39 is 5.60 Å². The van der Waals surface area contributed by atoms with E-state index in [4.69, 9.17) is 9.15 Å². The second kappa shape index (κ2) is 4.73. The molecule has 1 fully saturated rings. The van der Waals surface area contributed by atoms with Crippen molar-refractivity contribution in [3.05, 3.63) is 54.0 Å². The van der Waals surface area contributed by atoms with Crippen molar-refractivity contribution in [2.24, 2.45) is 0 Å². The predicted molar refractivity (Wildman–Crippen MR) is 78.0 cm³/mol. The highest BCUT2D eigenvalue weighted by Crippen LogP contribution is 2.38. The molecule has 0 radical (unpaired) electrons. The number of likely N-dealkylation sites (tertiary alicyclic amines) is 1. The number of para-hydroxylation sites is 1. The minimum Gasteiger partial charge on any atom is -0.484 e. The number of benzene rings is 1. The Labute approximate surface area is 127 Å². The van der Waals surface area contributed by atoms with Crippen LogP contribution in [0.5, 0.6) is 5.75 Å². The fourth-order valence-electron chi connectivity index (χ4n) is 3.24. The summed E-state index contributed by atoms with van der Waals surface area (Å²) < 4.78 is 11.3. The molecular formula is C17H15NO4. The molecule has 22 heavy (non-hydrogen) atoms. The van der Waals surface area contributed by atoms with Gasteiger partial charge in [-0.1, -0.05) is 12.1 Å². The molecule has 0 saturated carbocycles. The monoisotopic (exact) mass is 297 g/mol. The Bertz CT molecular complexity index is 737. The lowest BCUT2D eigenvalue weighted by Crippen LogP contribution is -2.45. The van der Waals surface area contributed by atoms with Crippen LogP contribution < -0.4 is 4.74 Å². The summed E-state index contributed by atoms with van der Waals surface area (Å²) >= 11 is 0. The highest BCUT2D eigenvalue weighted by Gasteiger charge is 2.47. The quantitative estimate of drug-likeness (QED) is 0.811. The Morgan fingerprint density at radius 1 is 1.18 bits per heavy atom. The Morgan fingerprint density at radius 3 is 2.86 bits per heavy atom. The molecule has 1 aromatic heterocycles. The number of hydrogen-bond donors (Lipinski definition) is 0. The minimum absolute atomic E-state index is 0.0779. The Hall–Kier alpha value is -2.56. The lowest BCUT2D eigenvalue weighted by Gasteiger charge is -2.34. The van der Waals surface area contributed by atoms with Gasteiger partial charge < -0.3 is 14.1 Å². The van der Waals surface area contributed by atoms with Crippen LogP contribution in [0.25, 0.3) is 0 Å². The summed E-state index contributed by atoms with van der Waals surface area (Å²) in [7, 11) is 0. The molecular weight excluding hydrogens is 282 g/mol. The molecule has 0 aliphatic carbocycles. The summed E-state index contributed by atoms with van der Waals surface area (Å²) in [5.74, 6) is 0.858. The van der Waals surface area contributed by atoms with E-state index in [1.807, 2.05) is 18.2 Å². The molecule has 4 rings (SSSR count). The molecule has 1 aromatic carbocycles. The van der Waals surface area contributed by atoms with Crippen molar-refractivity contribution >= 4 is 11.7 Å². The van der Waals surface area contributed by atoms with Crippen LogP contribution in [0.1, 0.15) is 33.8 Å². The van der Waals surface area contributed by atoms with Gasteiger partial charge in [0.25, 0.3) is 5.91 Å². The maximum absolute atomic E-state index is 12.4. The summed E-state index contributed by atoms with van der Waals surface area (Å²) in [5, 5.41) is 0. The van der Waals surface area contributed by atoms with Gasteiger partial charge >= 0.3 is 0 Å². The van der Waals surface area contributed by atoms with Crippen LogP contribution >= 0.6 is 0 Å². The van der Waals surface area contributed by atoms with E-state index in [-0.39, 0.29) is 11.7 Å². The van der Waals surface area contributed by atoms with E-state index in [9.17, 15) is 9.59 Å². The lowest BCUT2D eigenvalue weighted by molar-refractivity contribution is 0.0421. The zero-order valence-electron chi connectivity index (χ0n) is 12.0. The van der Waals surface area contributed by atoms with Crippen molar-refractivity contribution in [3.63, 3.8) is 0 Å². The Balaban J connectivity index is 1.58. The van der Waals surface area contributed by atoms with Crippen molar-refractivity contribution in [1.82, 2.24) is 4.90 Å². The van der Waals surface area contributed by atoms with E-state index >= 15 is 0 Å². The second-order valence-electron chi connectivity index (χ2n) is 5.84. The fourth-order valence-corrected chi connectivity index (χ4v) is 3.24. The number of furan rings is 1. The van der Waals surface area contributed by atoms with Crippen LogP contribution in [0, 0.1) is 0 Å². The SMILES string of the molecule is O=C1C[C@]2(CCN(C(=O)c3ccco3)C2)Oc2ccccc21. The molecule has 112 valence electrons. The van der Waals surface area contributed by atoms with Crippen LogP contribution in [-0.2, 0) is 0 Å². The summed E-state index contributed by atoms with van der Waals surface area (Å²) in [6, 6.07) is 10.6. The van der Waals surface area contributed by atoms with Crippen LogP contribution in [0.4, 0.5) is 0 Å². The van der Waals surface area contributed by atoms with Crippen molar-refractivity contribution in [1.29, 1.82) is 0 Å². The molecule has 5 heteroatoms. The van der Waals surface area contributed by atoms with Crippen LogP contribution in [-0.4, -0.2) is 35.3 Å². The van der Waals surface area contributed by atoms with Gasteiger partial charge in [-0.05, 0) is 24.3 Å². The highest BCUT2D eigenvalue weighted by atomic mass is 16.5. The van der Waals surface area contributed by atoms with Crippen molar-refractivity contribution in [3.8, 4) is 5.75 Å². The number of carbonyl (C=O) groups is 2. The number of Topliss-reactive ketones (excluding diaryl/α,β-unsaturated/α-hetero) is 1. The predicted octanol–water partition coefficient (Wildman–Crippen LogP) is 2.53. The molecule has 0 bridgehead atoms. The Morgan fingerprint density at radius 2 is 2.05 bits per heavy atom. The minimum atomic E-state index is -0.603. The van der Waals surface area contributed by atoms with E-state index in [0.29, 0.717) is 43.0 Å². The number of ketones is 1. The van der Waals surface area contributed by atoms with E-state index in [1.165, 1.54) is 6.26 Å². The molecule has 1 saturated heterocycles. The third-order valence-corrected chi connectivity index (χ3v) is 4.33. The second-order valence-corrected chi connectivity index (χ2v) is 5.84. The number of carbonyl (C=O) groups excluding carboxylic acids is 2. The number of amides is 1. The van der Waals surface area contributed by atoms with Gasteiger partial charge in [0, 0.05) is 13.0 Å². The van der Waals surface area contributed by atoms with Gasteiger partial charge in [0.15, 0.2) is 11.5 Å². The molecule has 5 nitrogen and oxygen atoms in total. The largest absolute Gasteiger partial charge is 0.484 e. The van der Waals surface area contributed by atoms with E-state index in [0.717, 1.165) is 0 Å². The van der Waals surface area contributed by atoms with Crippen LogP contribution in [0.2, 0.25) is 0 Å². The maximum Gasteiger partial charge on any atom is 0.289 e. The standard InChI is InChI=1S/C17H15NO4/c19-13-10-17(22-14-5-2-1-4-12(13)14)7-8-18(11-17)16(20)15-6-3-9-21-15/h1-6,9H,7-8,10-11H2/t17-/m0/s1. The lowest BCUT2D eigenvalue weighted by atomic mass is 9.89. The van der Waals surface area contributed by atoms with Gasteiger partial charge in [-0.2, -0.15) is 0 Å². The molecule has 2 aromatic rings. The number of ether oxygens (including phenoxy) is 1. The zero-order chi connectivity index (χ0) is 15.2. The number of nitrogens with zero attached hydrogens (tertiary/aromatic N) is 1. The molecule has 0 unspecified atom stereocenters. The van der Waals surface area contributed by atoms with Gasteiger partial charge in [-0.3, -0.25) is 9.59 Å². The van der Waals surface area contributed by atoms with Gasteiger partial charge in [-0.25, -0.2) is 0 Å². The van der Waals surface area contributed by atoms with Crippen molar-refractivity contribution in [2.75, 3.05) is 13.1 Å². The summed E-state index contributed by atoms with van der Waals surface area (Å²) in [6.45, 7) is 0.974. The van der Waals surface area contributed by atoms with Gasteiger partial charge in [0.1, 0.15) is 11.4 Å². The maximum atomic E-state index is 12.4. The number of hydrogen-bond acceptors (Lipinski definition) is 4. The first-order valence-corrected chi connectivity index (χ1v) is 7.31. The van der Waals surface area contributed by atoms with Crippen molar-refractivity contribution in [2.45, 2.75) is 18.4 Å². The topological polar surface area (TPSA) is 59.8 Å². The third-order valence-electron chi connectivity index (χ3n) is 4.33. The van der Waals surface area contributed by atoms with E-state index in [1.54, 1.807) is 23.1 Å². The highest BCUT2D eigenvalue weighted by molar-refractivity contribution is 6.00. The zero-order valence-corrected chi connectivity index (χ0v) is 12.0. The van der Waals surface area contributed by atoms with Gasteiger partial charge in [0.05, 0.1) is 24.8 Å². The number of fused-ring (bicyclic) bond motifs is 1. The Kier molecular flexibility index (Phi) is 2.82. The molecule has 0 N–H and O–H groups in total. The van der Waals surface area contributed by atoms with Gasteiger partial charge in [-0.15, -0.1) is 0 Å². The van der Waals surface area contributed by atoms with Gasteiger partial charge in [0.2, 0.25) is 0 Å². The smallest absolute Gasteiger partial charge is 0.289 e. The molecule has 1 amide bonds. The summed E-state index contributed by atoms with van der Waals surface area (Å²) in [5.41, 5.74) is 0.0252. The molecule has 2 aliphatic heterocycles. The average molecular weight is 297 g/mol. The third kappa shape index (κ3) is 2.01. The summed E-state index contributed by atoms with van der Waals surface area (Å²) in [6.07, 6.45) is 2.45. The molecule has 1 atom stereocenters. The molecule has 2 aliphatic rings. The summed E-state index contributed by atoms with van der Waals surface area (Å²) in [4.78, 5) is 26.4. The molecule has 3 heterocycles. The first kappa shape index (κ1) is 13.1. The number of rotatable bonds is 1. The average Bonchev–Trinajstić information content (AvgIpc) is 3.17. The molecule has 1 spiro atoms. The normalized spacial score (nSPS) is 23.5.